The summed E-state index contributed by atoms with van der Waals surface area (Å²) >= 11 is 0. The number of amides is 1. The molecule has 0 radical (unpaired) electrons. The lowest BCUT2D eigenvalue weighted by Crippen LogP contribution is -2.39. The average molecular weight is 506 g/mol. The highest BCUT2D eigenvalue weighted by Crippen LogP contribution is 2.31. The number of nitrogen functional groups attached to an aromatic ring is 1. The molecule has 9 heteroatoms. The average Bonchev–Trinajstić information content (AvgIpc) is 3.66. The Morgan fingerprint density at radius 2 is 1.68 bits per heavy atom. The van der Waals surface area contributed by atoms with Crippen molar-refractivity contribution < 1.29 is 9.32 Å². The van der Waals surface area contributed by atoms with E-state index in [1.165, 1.54) is 0 Å². The first kappa shape index (κ1) is 23.6. The van der Waals surface area contributed by atoms with Gasteiger partial charge in [0.2, 0.25) is 11.7 Å². The number of aromatic nitrogens is 5. The summed E-state index contributed by atoms with van der Waals surface area (Å²) in [4.78, 5) is 23.6. The van der Waals surface area contributed by atoms with Gasteiger partial charge in [0.05, 0.1) is 24.2 Å². The third-order valence-electron chi connectivity index (χ3n) is 6.93. The zero-order chi connectivity index (χ0) is 25.9. The quantitative estimate of drug-likeness (QED) is 0.357. The van der Waals surface area contributed by atoms with E-state index in [0.29, 0.717) is 29.5 Å². The van der Waals surface area contributed by atoms with Gasteiger partial charge in [0.25, 0.3) is 5.89 Å². The van der Waals surface area contributed by atoms with E-state index in [1.54, 1.807) is 6.20 Å². The molecule has 0 spiro atoms. The van der Waals surface area contributed by atoms with Crippen molar-refractivity contribution in [1.29, 1.82) is 0 Å². The predicted octanol–water partition coefficient (Wildman–Crippen LogP) is 4.65. The number of piperidine rings is 1. The molecule has 38 heavy (non-hydrogen) atoms. The van der Waals surface area contributed by atoms with Crippen molar-refractivity contribution in [3.05, 3.63) is 90.9 Å². The van der Waals surface area contributed by atoms with Crippen molar-refractivity contribution in [2.24, 2.45) is 0 Å². The minimum atomic E-state index is 0.174. The second-order valence-corrected chi connectivity index (χ2v) is 9.43. The third-order valence-corrected chi connectivity index (χ3v) is 6.93. The lowest BCUT2D eigenvalue weighted by Gasteiger charge is -2.32. The van der Waals surface area contributed by atoms with Gasteiger partial charge < -0.3 is 15.2 Å². The molecule has 0 atom stereocenters. The molecule has 1 saturated heterocycles. The van der Waals surface area contributed by atoms with Crippen LogP contribution in [0.15, 0.2) is 89.8 Å². The van der Waals surface area contributed by atoms with Crippen molar-refractivity contribution >= 4 is 11.7 Å². The fourth-order valence-electron chi connectivity index (χ4n) is 4.79. The number of carbonyl (C=O) groups is 1. The lowest BCUT2D eigenvalue weighted by molar-refractivity contribution is -0.131. The number of pyridine rings is 1. The van der Waals surface area contributed by atoms with Gasteiger partial charge in [-0.3, -0.25) is 9.48 Å². The summed E-state index contributed by atoms with van der Waals surface area (Å²) in [5.41, 5.74) is 10.4. The van der Waals surface area contributed by atoms with Gasteiger partial charge in [0.15, 0.2) is 0 Å². The molecule has 2 N–H and O–H groups in total. The Morgan fingerprint density at radius 3 is 2.45 bits per heavy atom. The van der Waals surface area contributed by atoms with Gasteiger partial charge in [-0.15, -0.1) is 0 Å². The maximum absolute atomic E-state index is 12.7. The fourth-order valence-corrected chi connectivity index (χ4v) is 4.79. The molecule has 1 amide bonds. The van der Waals surface area contributed by atoms with Crippen LogP contribution in [0.25, 0.3) is 34.0 Å². The monoisotopic (exact) mass is 505 g/mol. The van der Waals surface area contributed by atoms with Gasteiger partial charge in [0, 0.05) is 42.2 Å². The molecular formula is C29H27N7O2. The minimum Gasteiger partial charge on any atom is -0.383 e. The van der Waals surface area contributed by atoms with Crippen molar-refractivity contribution in [3.63, 3.8) is 0 Å². The number of anilines is 1. The predicted molar refractivity (Wildman–Crippen MR) is 144 cm³/mol. The minimum absolute atomic E-state index is 0.174. The number of nitrogens with zero attached hydrogens (tertiary/aromatic N) is 6. The SMILES string of the molecule is Nc1ncc(-c2cnn(C3CCN(C(=O)Cc4ccccc4)CC3)c2)cc1-c1nc(-c2ccccc2)no1. The van der Waals surface area contributed by atoms with Crippen molar-refractivity contribution in [3.8, 4) is 34.0 Å². The second kappa shape index (κ2) is 10.3. The Bertz CT molecular complexity index is 1540. The van der Waals surface area contributed by atoms with E-state index in [1.807, 2.05) is 88.7 Å². The molecule has 6 rings (SSSR count). The van der Waals surface area contributed by atoms with Gasteiger partial charge in [-0.25, -0.2) is 4.98 Å². The van der Waals surface area contributed by atoms with Crippen LogP contribution in [-0.2, 0) is 11.2 Å². The largest absolute Gasteiger partial charge is 0.383 e. The maximum Gasteiger partial charge on any atom is 0.262 e. The van der Waals surface area contributed by atoms with Gasteiger partial charge >= 0.3 is 0 Å². The molecule has 9 nitrogen and oxygen atoms in total. The van der Waals surface area contributed by atoms with Gasteiger partial charge in [-0.2, -0.15) is 10.1 Å². The smallest absolute Gasteiger partial charge is 0.262 e. The molecule has 2 aromatic carbocycles. The molecule has 1 aliphatic heterocycles. The van der Waals surface area contributed by atoms with E-state index in [2.05, 4.69) is 20.2 Å². The number of hydrogen-bond acceptors (Lipinski definition) is 7. The first-order chi connectivity index (χ1) is 18.6. The van der Waals surface area contributed by atoms with Gasteiger partial charge in [0.1, 0.15) is 5.82 Å². The molecule has 4 heterocycles. The molecule has 0 aliphatic carbocycles. The van der Waals surface area contributed by atoms with Crippen LogP contribution in [0, 0.1) is 0 Å². The van der Waals surface area contributed by atoms with Crippen LogP contribution >= 0.6 is 0 Å². The van der Waals surface area contributed by atoms with Gasteiger partial charge in [-0.1, -0.05) is 65.8 Å². The third kappa shape index (κ3) is 4.90. The summed E-state index contributed by atoms with van der Waals surface area (Å²) in [5, 5.41) is 8.72. The Kier molecular flexibility index (Phi) is 6.39. The van der Waals surface area contributed by atoms with E-state index in [-0.39, 0.29) is 11.9 Å². The molecular weight excluding hydrogens is 478 g/mol. The first-order valence-electron chi connectivity index (χ1n) is 12.7. The summed E-state index contributed by atoms with van der Waals surface area (Å²) < 4.78 is 7.50. The molecule has 1 aliphatic rings. The van der Waals surface area contributed by atoms with Crippen LogP contribution in [0.1, 0.15) is 24.4 Å². The summed E-state index contributed by atoms with van der Waals surface area (Å²) in [6.45, 7) is 1.44. The maximum atomic E-state index is 12.7. The van der Waals surface area contributed by atoms with Crippen LogP contribution in [0.2, 0.25) is 0 Å². The highest BCUT2D eigenvalue weighted by Gasteiger charge is 2.25. The number of benzene rings is 2. The number of rotatable bonds is 6. The highest BCUT2D eigenvalue weighted by molar-refractivity contribution is 5.79. The Labute approximate surface area is 219 Å². The van der Waals surface area contributed by atoms with Crippen LogP contribution in [0.5, 0.6) is 0 Å². The highest BCUT2D eigenvalue weighted by atomic mass is 16.5. The lowest BCUT2D eigenvalue weighted by atomic mass is 10.0. The first-order valence-corrected chi connectivity index (χ1v) is 12.7. The molecule has 5 aromatic rings. The van der Waals surface area contributed by atoms with E-state index < -0.39 is 0 Å². The van der Waals surface area contributed by atoms with E-state index in [9.17, 15) is 4.79 Å². The van der Waals surface area contributed by atoms with Crippen molar-refractivity contribution in [2.45, 2.75) is 25.3 Å². The van der Waals surface area contributed by atoms with Gasteiger partial charge in [-0.05, 0) is 24.5 Å². The molecule has 3 aromatic heterocycles. The normalized spacial score (nSPS) is 14.1. The molecule has 0 unspecified atom stereocenters. The zero-order valence-electron chi connectivity index (χ0n) is 20.8. The topological polar surface area (TPSA) is 116 Å². The Morgan fingerprint density at radius 1 is 0.947 bits per heavy atom. The number of likely N-dealkylation sites (tertiary alicyclic amines) is 1. The van der Waals surface area contributed by atoms with E-state index in [4.69, 9.17) is 10.3 Å². The summed E-state index contributed by atoms with van der Waals surface area (Å²) in [6, 6.07) is 21.6. The number of carbonyl (C=O) groups excluding carboxylic acids is 1. The Balaban J connectivity index is 1.14. The summed E-state index contributed by atoms with van der Waals surface area (Å²) in [6.07, 6.45) is 7.73. The van der Waals surface area contributed by atoms with Crippen LogP contribution in [0.4, 0.5) is 5.82 Å². The molecule has 190 valence electrons. The molecule has 0 saturated carbocycles. The summed E-state index contributed by atoms with van der Waals surface area (Å²) in [7, 11) is 0. The Hall–Kier alpha value is -4.79. The fraction of sp³-hybridized carbons (Fsp3) is 0.207. The summed E-state index contributed by atoms with van der Waals surface area (Å²) in [5.74, 6) is 1.30. The van der Waals surface area contributed by atoms with Crippen LogP contribution in [0.3, 0.4) is 0 Å². The molecule has 0 bridgehead atoms. The zero-order valence-corrected chi connectivity index (χ0v) is 20.8. The number of hydrogen-bond donors (Lipinski definition) is 1. The van der Waals surface area contributed by atoms with Crippen molar-refractivity contribution in [2.75, 3.05) is 18.8 Å². The molecule has 1 fully saturated rings. The van der Waals surface area contributed by atoms with Crippen LogP contribution in [-0.4, -0.2) is 48.8 Å². The second-order valence-electron chi connectivity index (χ2n) is 9.43. The standard InChI is InChI=1S/C29H27N7O2/c30-27-25(29-33-28(34-38-29)21-9-5-2-6-10-21)16-22(17-31-27)23-18-32-36(19-23)24-11-13-35(14-12-24)26(37)15-20-7-3-1-4-8-20/h1-10,16-19,24H,11-15H2,(H2,30,31). The van der Waals surface area contributed by atoms with E-state index >= 15 is 0 Å². The van der Waals surface area contributed by atoms with Crippen LogP contribution < -0.4 is 5.73 Å². The van der Waals surface area contributed by atoms with E-state index in [0.717, 1.165) is 48.2 Å². The van der Waals surface area contributed by atoms with Crippen molar-refractivity contribution in [1.82, 2.24) is 29.8 Å². The number of nitrogens with two attached hydrogens (primary N) is 1.